The van der Waals surface area contributed by atoms with Gasteiger partial charge >= 0.3 is 0 Å². The maximum Gasteiger partial charge on any atom is 0.237 e. The van der Waals surface area contributed by atoms with E-state index in [1.165, 1.54) is 0 Å². The van der Waals surface area contributed by atoms with Crippen molar-refractivity contribution in [1.82, 2.24) is 9.88 Å². The monoisotopic (exact) mass is 414 g/mol. The summed E-state index contributed by atoms with van der Waals surface area (Å²) < 4.78 is 25.8. The number of sulfonamides is 1. The van der Waals surface area contributed by atoms with E-state index in [2.05, 4.69) is 14.6 Å². The molecule has 1 aromatic carbocycles. The number of nitrogens with zero attached hydrogens (tertiary/aromatic N) is 3. The van der Waals surface area contributed by atoms with Crippen LogP contribution in [0.5, 0.6) is 0 Å². The van der Waals surface area contributed by atoms with Crippen molar-refractivity contribution in [3.63, 3.8) is 0 Å². The molecular weight excluding hydrogens is 388 g/mol. The number of hydrogen-bond acceptors (Lipinski definition) is 5. The van der Waals surface area contributed by atoms with Crippen molar-refractivity contribution in [2.75, 3.05) is 42.6 Å². The predicted molar refractivity (Wildman–Crippen MR) is 114 cm³/mol. The van der Waals surface area contributed by atoms with Gasteiger partial charge in [0.1, 0.15) is 0 Å². The smallest absolute Gasteiger partial charge is 0.237 e. The van der Waals surface area contributed by atoms with E-state index in [1.807, 2.05) is 36.5 Å². The van der Waals surface area contributed by atoms with Crippen molar-refractivity contribution < 1.29 is 13.2 Å². The van der Waals surface area contributed by atoms with Crippen molar-refractivity contribution in [2.45, 2.75) is 24.7 Å². The van der Waals surface area contributed by atoms with Crippen LogP contribution in [0.3, 0.4) is 0 Å². The third-order valence-electron chi connectivity index (χ3n) is 6.01. The molecule has 0 unspecified atom stereocenters. The maximum atomic E-state index is 13.2. The number of benzene rings is 1. The lowest BCUT2D eigenvalue weighted by molar-refractivity contribution is -0.124. The first-order valence-corrected chi connectivity index (χ1v) is 11.7. The van der Waals surface area contributed by atoms with E-state index in [0.29, 0.717) is 5.69 Å². The summed E-state index contributed by atoms with van der Waals surface area (Å²) in [7, 11) is -1.57. The number of amides is 1. The molecule has 1 amide bonds. The first-order valence-electron chi connectivity index (χ1n) is 9.81. The van der Waals surface area contributed by atoms with Gasteiger partial charge in [-0.3, -0.25) is 14.5 Å². The second-order valence-corrected chi connectivity index (χ2v) is 9.71. The molecule has 0 aliphatic carbocycles. The number of carbonyl (C=O) groups is 1. The largest absolute Gasteiger partial charge is 0.314 e. The Kier molecular flexibility index (Phi) is 5.08. The number of aromatic nitrogens is 1. The Morgan fingerprint density at radius 3 is 2.59 bits per heavy atom. The van der Waals surface area contributed by atoms with Gasteiger partial charge in [-0.15, -0.1) is 0 Å². The second-order valence-electron chi connectivity index (χ2n) is 7.97. The molecule has 154 valence electrons. The standard InChI is InChI=1S/C21H26N4O3S/c1-24-19-7-6-17(23-29(2,27)28)15-18(19)21(20(24)26)9-13-25(14-10-21)12-8-16-5-3-4-11-22-16/h3-7,11,15,23H,8-10,12-14H2,1-2H3. The minimum absolute atomic E-state index is 0.105. The molecule has 2 aliphatic rings. The number of fused-ring (bicyclic) bond motifs is 2. The summed E-state index contributed by atoms with van der Waals surface area (Å²) in [5.41, 5.74) is 2.82. The number of piperidine rings is 1. The molecule has 3 heterocycles. The molecule has 2 aromatic rings. The number of rotatable bonds is 5. The Bertz CT molecular complexity index is 1020. The van der Waals surface area contributed by atoms with E-state index < -0.39 is 15.4 Å². The lowest BCUT2D eigenvalue weighted by atomic mass is 9.73. The third kappa shape index (κ3) is 3.86. The highest BCUT2D eigenvalue weighted by atomic mass is 32.2. The molecule has 0 saturated carbocycles. The molecule has 2 aliphatic heterocycles. The Morgan fingerprint density at radius 1 is 1.17 bits per heavy atom. The van der Waals surface area contributed by atoms with Crippen LogP contribution in [0.2, 0.25) is 0 Å². The fourth-order valence-corrected chi connectivity index (χ4v) is 5.05. The molecule has 0 bridgehead atoms. The van der Waals surface area contributed by atoms with Crippen LogP contribution in [-0.4, -0.2) is 57.1 Å². The molecule has 4 rings (SSSR count). The predicted octanol–water partition coefficient (Wildman–Crippen LogP) is 2.01. The fourth-order valence-electron chi connectivity index (χ4n) is 4.50. The van der Waals surface area contributed by atoms with Gasteiger partial charge < -0.3 is 9.80 Å². The van der Waals surface area contributed by atoms with Crippen LogP contribution >= 0.6 is 0 Å². The minimum Gasteiger partial charge on any atom is -0.314 e. The summed E-state index contributed by atoms with van der Waals surface area (Å²) in [4.78, 5) is 21.7. The fraction of sp³-hybridized carbons (Fsp3) is 0.429. The molecule has 1 aromatic heterocycles. The number of carbonyl (C=O) groups excluding carboxylic acids is 1. The lowest BCUT2D eigenvalue weighted by Crippen LogP contribution is -2.48. The molecule has 0 radical (unpaired) electrons. The van der Waals surface area contributed by atoms with Gasteiger partial charge in [0, 0.05) is 43.3 Å². The Labute approximate surface area is 171 Å². The number of hydrogen-bond donors (Lipinski definition) is 1. The van der Waals surface area contributed by atoms with Crippen molar-refractivity contribution in [3.05, 3.63) is 53.9 Å². The average molecular weight is 415 g/mol. The van der Waals surface area contributed by atoms with E-state index in [9.17, 15) is 13.2 Å². The summed E-state index contributed by atoms with van der Waals surface area (Å²) in [6.45, 7) is 2.57. The van der Waals surface area contributed by atoms with Gasteiger partial charge in [0.05, 0.1) is 11.7 Å². The van der Waals surface area contributed by atoms with Crippen LogP contribution in [0.1, 0.15) is 24.1 Å². The van der Waals surface area contributed by atoms with Gasteiger partial charge in [0.15, 0.2) is 0 Å². The molecule has 0 atom stereocenters. The van der Waals surface area contributed by atoms with Crippen LogP contribution in [0, 0.1) is 0 Å². The van der Waals surface area contributed by atoms with Crippen molar-refractivity contribution in [2.24, 2.45) is 0 Å². The Hall–Kier alpha value is -2.45. The molecule has 1 fully saturated rings. The molecule has 1 spiro atoms. The Balaban J connectivity index is 1.52. The van der Waals surface area contributed by atoms with Gasteiger partial charge in [0.2, 0.25) is 15.9 Å². The summed E-state index contributed by atoms with van der Waals surface area (Å²) in [5, 5.41) is 0. The molecule has 1 N–H and O–H groups in total. The normalized spacial score (nSPS) is 18.8. The summed E-state index contributed by atoms with van der Waals surface area (Å²) in [5.74, 6) is 0.105. The SMILES string of the molecule is CN1C(=O)C2(CCN(CCc3ccccn3)CC2)c2cc(NS(C)(=O)=O)ccc21. The van der Waals surface area contributed by atoms with E-state index in [1.54, 1.807) is 18.0 Å². The third-order valence-corrected chi connectivity index (χ3v) is 6.62. The zero-order valence-corrected chi connectivity index (χ0v) is 17.6. The zero-order chi connectivity index (χ0) is 20.6. The van der Waals surface area contributed by atoms with Gasteiger partial charge in [-0.2, -0.15) is 0 Å². The highest BCUT2D eigenvalue weighted by molar-refractivity contribution is 7.92. The molecular formula is C21H26N4O3S. The number of likely N-dealkylation sites (tertiary alicyclic amines) is 1. The molecule has 8 heteroatoms. The first kappa shape index (κ1) is 19.8. The van der Waals surface area contributed by atoms with Crippen LogP contribution < -0.4 is 9.62 Å². The zero-order valence-electron chi connectivity index (χ0n) is 16.8. The van der Waals surface area contributed by atoms with Crippen molar-refractivity contribution in [1.29, 1.82) is 0 Å². The van der Waals surface area contributed by atoms with Crippen LogP contribution in [0.15, 0.2) is 42.6 Å². The molecule has 29 heavy (non-hydrogen) atoms. The summed E-state index contributed by atoms with van der Waals surface area (Å²) >= 11 is 0. The highest BCUT2D eigenvalue weighted by Crippen LogP contribution is 2.48. The highest BCUT2D eigenvalue weighted by Gasteiger charge is 2.51. The van der Waals surface area contributed by atoms with Gasteiger partial charge in [-0.1, -0.05) is 6.07 Å². The number of anilines is 2. The van der Waals surface area contributed by atoms with Crippen LogP contribution in [0.25, 0.3) is 0 Å². The van der Waals surface area contributed by atoms with E-state index >= 15 is 0 Å². The van der Waals surface area contributed by atoms with E-state index in [0.717, 1.165) is 62.1 Å². The van der Waals surface area contributed by atoms with Crippen molar-refractivity contribution >= 4 is 27.3 Å². The van der Waals surface area contributed by atoms with E-state index in [-0.39, 0.29) is 5.91 Å². The first-order chi connectivity index (χ1) is 13.8. The van der Waals surface area contributed by atoms with E-state index in [4.69, 9.17) is 0 Å². The average Bonchev–Trinajstić information content (AvgIpc) is 2.89. The van der Waals surface area contributed by atoms with Gasteiger partial charge in [-0.25, -0.2) is 8.42 Å². The van der Waals surface area contributed by atoms with Crippen LogP contribution in [-0.2, 0) is 26.7 Å². The minimum atomic E-state index is -3.37. The maximum absolute atomic E-state index is 13.2. The summed E-state index contributed by atoms with van der Waals surface area (Å²) in [6, 6.07) is 11.3. The second kappa shape index (κ2) is 7.42. The number of likely N-dealkylation sites (N-methyl/N-ethyl adjacent to an activating group) is 1. The van der Waals surface area contributed by atoms with Crippen molar-refractivity contribution in [3.8, 4) is 0 Å². The quantitative estimate of drug-likeness (QED) is 0.809. The van der Waals surface area contributed by atoms with Gasteiger partial charge in [-0.05, 0) is 61.8 Å². The van der Waals surface area contributed by atoms with Gasteiger partial charge in [0.25, 0.3) is 0 Å². The van der Waals surface area contributed by atoms with Crippen LogP contribution in [0.4, 0.5) is 11.4 Å². The Morgan fingerprint density at radius 2 is 1.93 bits per heavy atom. The summed E-state index contributed by atoms with van der Waals surface area (Å²) in [6.07, 6.45) is 5.29. The number of pyridine rings is 1. The topological polar surface area (TPSA) is 82.6 Å². The molecule has 7 nitrogen and oxygen atoms in total. The lowest BCUT2D eigenvalue weighted by Gasteiger charge is -2.38. The molecule has 1 saturated heterocycles. The number of nitrogens with one attached hydrogen (secondary N) is 1.